The fraction of sp³-hybridized carbons (Fsp3) is 0.429. The second kappa shape index (κ2) is 4.79. The fourth-order valence-electron chi connectivity index (χ4n) is 2.16. The molecular weight excluding hydrogens is 226 g/mol. The molecule has 1 saturated carbocycles. The summed E-state index contributed by atoms with van der Waals surface area (Å²) in [7, 11) is 1.72. The quantitative estimate of drug-likeness (QED) is 0.879. The Hall–Kier alpha value is -1.86. The van der Waals surface area contributed by atoms with Crippen LogP contribution in [0.3, 0.4) is 0 Å². The predicted molar refractivity (Wildman–Crippen MR) is 70.0 cm³/mol. The maximum Gasteiger partial charge on any atom is 0.228 e. The molecule has 0 bridgehead atoms. The molecule has 1 aliphatic rings. The van der Waals surface area contributed by atoms with E-state index in [-0.39, 0.29) is 11.4 Å². The van der Waals surface area contributed by atoms with Gasteiger partial charge in [0.25, 0.3) is 0 Å². The molecule has 2 N–H and O–H groups in total. The Balaban J connectivity index is 2.08. The molecule has 0 unspecified atom stereocenters. The summed E-state index contributed by atoms with van der Waals surface area (Å²) in [5, 5.41) is 8.84. The topological polar surface area (TPSA) is 70.1 Å². The first-order chi connectivity index (χ1) is 8.54. The van der Waals surface area contributed by atoms with Crippen LogP contribution in [0.5, 0.6) is 0 Å². The van der Waals surface area contributed by atoms with Gasteiger partial charge in [0, 0.05) is 24.7 Å². The Morgan fingerprint density at radius 3 is 2.83 bits per heavy atom. The number of hydrogen-bond donors (Lipinski definition) is 1. The first-order valence-electron chi connectivity index (χ1n) is 6.10. The molecule has 1 fully saturated rings. The second-order valence-corrected chi connectivity index (χ2v) is 5.01. The van der Waals surface area contributed by atoms with E-state index in [1.165, 1.54) is 0 Å². The van der Waals surface area contributed by atoms with Crippen LogP contribution in [-0.4, -0.2) is 18.5 Å². The maximum atomic E-state index is 12.1. The second-order valence-electron chi connectivity index (χ2n) is 5.01. The van der Waals surface area contributed by atoms with E-state index in [9.17, 15) is 4.79 Å². The summed E-state index contributed by atoms with van der Waals surface area (Å²) in [6.07, 6.45) is 3.33. The summed E-state index contributed by atoms with van der Waals surface area (Å²) in [5.74, 6) is 0.00675. The highest BCUT2D eigenvalue weighted by Crippen LogP contribution is 2.33. The van der Waals surface area contributed by atoms with Gasteiger partial charge in [-0.05, 0) is 37.5 Å². The first kappa shape index (κ1) is 12.6. The van der Waals surface area contributed by atoms with Gasteiger partial charge in [-0.2, -0.15) is 5.26 Å². The zero-order valence-corrected chi connectivity index (χ0v) is 10.5. The van der Waals surface area contributed by atoms with Crippen LogP contribution in [-0.2, 0) is 4.79 Å². The first-order valence-corrected chi connectivity index (χ1v) is 6.10. The van der Waals surface area contributed by atoms with Gasteiger partial charge in [-0.1, -0.05) is 6.07 Å². The molecule has 1 aliphatic carbocycles. The normalized spacial score (nSPS) is 16.5. The highest BCUT2D eigenvalue weighted by atomic mass is 16.2. The Morgan fingerprint density at radius 1 is 1.56 bits per heavy atom. The molecule has 0 aliphatic heterocycles. The number of nitriles is 1. The Morgan fingerprint density at radius 2 is 2.28 bits per heavy atom. The third-order valence-electron chi connectivity index (χ3n) is 3.59. The van der Waals surface area contributed by atoms with Crippen molar-refractivity contribution in [3.63, 3.8) is 0 Å². The minimum absolute atomic E-state index is 0.00675. The van der Waals surface area contributed by atoms with E-state index in [2.05, 4.69) is 6.07 Å². The van der Waals surface area contributed by atoms with E-state index in [0.29, 0.717) is 12.0 Å². The number of carbonyl (C=O) groups is 1. The number of carbonyl (C=O) groups excluding carboxylic acids is 1. The molecule has 0 radical (unpaired) electrons. The summed E-state index contributed by atoms with van der Waals surface area (Å²) in [5.41, 5.74) is 7.06. The molecule has 2 rings (SSSR count). The van der Waals surface area contributed by atoms with Crippen LogP contribution >= 0.6 is 0 Å². The summed E-state index contributed by atoms with van der Waals surface area (Å²) in [6.45, 7) is 0. The van der Waals surface area contributed by atoms with E-state index in [1.54, 1.807) is 30.1 Å². The highest BCUT2D eigenvalue weighted by molar-refractivity contribution is 5.93. The lowest BCUT2D eigenvalue weighted by molar-refractivity contribution is -0.120. The zero-order valence-electron chi connectivity index (χ0n) is 10.5. The van der Waals surface area contributed by atoms with Crippen LogP contribution < -0.4 is 10.6 Å². The number of nitrogens with two attached hydrogens (primary N) is 1. The van der Waals surface area contributed by atoms with Crippen LogP contribution in [0.2, 0.25) is 0 Å². The zero-order chi connectivity index (χ0) is 13.2. The molecule has 1 amide bonds. The van der Waals surface area contributed by atoms with Crippen molar-refractivity contribution >= 4 is 11.6 Å². The summed E-state index contributed by atoms with van der Waals surface area (Å²) < 4.78 is 0. The molecular formula is C14H17N3O. The predicted octanol–water partition coefficient (Wildman–Crippen LogP) is 1.79. The van der Waals surface area contributed by atoms with E-state index >= 15 is 0 Å². The van der Waals surface area contributed by atoms with Gasteiger partial charge in [-0.3, -0.25) is 4.79 Å². The van der Waals surface area contributed by atoms with E-state index in [0.717, 1.165) is 24.9 Å². The summed E-state index contributed by atoms with van der Waals surface area (Å²) in [4.78, 5) is 13.7. The SMILES string of the molecule is CN(C(=O)CC1(N)CCC1)c1cccc(C#N)c1. The molecule has 4 nitrogen and oxygen atoms in total. The van der Waals surface area contributed by atoms with Gasteiger partial charge >= 0.3 is 0 Å². The van der Waals surface area contributed by atoms with Gasteiger partial charge in [-0.15, -0.1) is 0 Å². The molecule has 1 aromatic carbocycles. The van der Waals surface area contributed by atoms with E-state index in [4.69, 9.17) is 11.0 Å². The highest BCUT2D eigenvalue weighted by Gasteiger charge is 2.35. The smallest absolute Gasteiger partial charge is 0.228 e. The average Bonchev–Trinajstić information content (AvgIpc) is 2.36. The van der Waals surface area contributed by atoms with Crippen molar-refractivity contribution in [1.29, 1.82) is 5.26 Å². The van der Waals surface area contributed by atoms with Crippen LogP contribution in [0, 0.1) is 11.3 Å². The number of amides is 1. The maximum absolute atomic E-state index is 12.1. The largest absolute Gasteiger partial charge is 0.325 e. The van der Waals surface area contributed by atoms with Gasteiger partial charge in [0.2, 0.25) is 5.91 Å². The van der Waals surface area contributed by atoms with E-state index < -0.39 is 0 Å². The van der Waals surface area contributed by atoms with Gasteiger partial charge in [-0.25, -0.2) is 0 Å². The minimum atomic E-state index is -0.307. The molecule has 0 spiro atoms. The number of nitrogens with zero attached hydrogens (tertiary/aromatic N) is 2. The molecule has 0 aromatic heterocycles. The third-order valence-corrected chi connectivity index (χ3v) is 3.59. The summed E-state index contributed by atoms with van der Waals surface area (Å²) >= 11 is 0. The lowest BCUT2D eigenvalue weighted by Gasteiger charge is -2.38. The number of hydrogen-bond acceptors (Lipinski definition) is 3. The molecule has 0 atom stereocenters. The van der Waals surface area contributed by atoms with E-state index in [1.807, 2.05) is 6.07 Å². The third kappa shape index (κ3) is 2.52. The van der Waals surface area contributed by atoms with Crippen LogP contribution in [0.25, 0.3) is 0 Å². The van der Waals surface area contributed by atoms with Crippen LogP contribution in [0.15, 0.2) is 24.3 Å². The van der Waals surface area contributed by atoms with Gasteiger partial charge in [0.05, 0.1) is 11.6 Å². The lowest BCUT2D eigenvalue weighted by Crippen LogP contribution is -2.50. The van der Waals surface area contributed by atoms with Crippen molar-refractivity contribution in [2.75, 3.05) is 11.9 Å². The monoisotopic (exact) mass is 243 g/mol. The van der Waals surface area contributed by atoms with Crippen molar-refractivity contribution < 1.29 is 4.79 Å². The Kier molecular flexibility index (Phi) is 3.35. The molecule has 94 valence electrons. The van der Waals surface area contributed by atoms with Crippen molar-refractivity contribution in [2.24, 2.45) is 5.73 Å². The van der Waals surface area contributed by atoms with Gasteiger partial charge in [0.1, 0.15) is 0 Å². The van der Waals surface area contributed by atoms with Crippen molar-refractivity contribution in [1.82, 2.24) is 0 Å². The van der Waals surface area contributed by atoms with Crippen molar-refractivity contribution in [3.8, 4) is 6.07 Å². The van der Waals surface area contributed by atoms with Gasteiger partial charge in [0.15, 0.2) is 0 Å². The Bertz CT molecular complexity index is 500. The Labute approximate surface area is 107 Å². The van der Waals surface area contributed by atoms with Crippen molar-refractivity contribution in [2.45, 2.75) is 31.2 Å². The lowest BCUT2D eigenvalue weighted by atomic mass is 9.75. The standard InChI is InChI=1S/C14H17N3O/c1-17(12-5-2-4-11(8-12)10-15)13(18)9-14(16)6-3-7-14/h2,4-5,8H,3,6-7,9,16H2,1H3. The molecule has 0 saturated heterocycles. The molecule has 1 aromatic rings. The molecule has 4 heteroatoms. The minimum Gasteiger partial charge on any atom is -0.325 e. The average molecular weight is 243 g/mol. The summed E-state index contributed by atoms with van der Waals surface area (Å²) in [6, 6.07) is 9.10. The van der Waals surface area contributed by atoms with Crippen molar-refractivity contribution in [3.05, 3.63) is 29.8 Å². The van der Waals surface area contributed by atoms with Crippen LogP contribution in [0.1, 0.15) is 31.2 Å². The molecule has 0 heterocycles. The van der Waals surface area contributed by atoms with Gasteiger partial charge < -0.3 is 10.6 Å². The number of rotatable bonds is 3. The molecule has 18 heavy (non-hydrogen) atoms. The van der Waals surface area contributed by atoms with Crippen LogP contribution in [0.4, 0.5) is 5.69 Å². The number of anilines is 1. The number of benzene rings is 1. The fourth-order valence-corrected chi connectivity index (χ4v) is 2.16.